The smallest absolute Gasteiger partial charge is 0.320 e. The number of likely N-dealkylation sites (tertiary alicyclic amines) is 1. The number of hydrogen-bond acceptors (Lipinski definition) is 3. The van der Waals surface area contributed by atoms with E-state index in [1.54, 1.807) is 0 Å². The molecule has 0 aromatic rings. The van der Waals surface area contributed by atoms with E-state index < -0.39 is 0 Å². The highest BCUT2D eigenvalue weighted by Crippen LogP contribution is 2.29. The third-order valence-electron chi connectivity index (χ3n) is 3.15. The number of nitrogens with zero attached hydrogens (tertiary/aromatic N) is 1. The average Bonchev–Trinajstić information content (AvgIpc) is 2.26. The number of carbonyl (C=O) groups excluding carboxylic acids is 1. The molecular weight excluding hydrogens is 202 g/mol. The molecule has 1 heterocycles. The molecule has 0 aromatic carbocycles. The van der Waals surface area contributed by atoms with E-state index in [2.05, 4.69) is 18.7 Å². The Labute approximate surface area is 99.1 Å². The van der Waals surface area contributed by atoms with E-state index in [1.165, 1.54) is 19.3 Å². The molecule has 1 saturated heterocycles. The van der Waals surface area contributed by atoms with Crippen molar-refractivity contribution in [3.63, 3.8) is 0 Å². The second-order valence-electron chi connectivity index (χ2n) is 5.83. The molecule has 0 aromatic heterocycles. The highest BCUT2D eigenvalue weighted by Gasteiger charge is 2.24. The quantitative estimate of drug-likeness (QED) is 0.694. The normalized spacial score (nSPS) is 21.8. The molecule has 1 aliphatic heterocycles. The first-order valence-corrected chi connectivity index (χ1v) is 6.31. The van der Waals surface area contributed by atoms with Gasteiger partial charge in [0, 0.05) is 0 Å². The lowest BCUT2D eigenvalue weighted by Crippen LogP contribution is -2.33. The van der Waals surface area contributed by atoms with Crippen molar-refractivity contribution in [1.82, 2.24) is 4.90 Å². The van der Waals surface area contributed by atoms with Crippen LogP contribution in [0, 0.1) is 5.41 Å². The minimum atomic E-state index is -0.0882. The Kier molecular flexibility index (Phi) is 4.78. The first-order chi connectivity index (χ1) is 7.39. The maximum Gasteiger partial charge on any atom is 0.320 e. The van der Waals surface area contributed by atoms with E-state index in [0.29, 0.717) is 12.0 Å². The van der Waals surface area contributed by atoms with Crippen molar-refractivity contribution in [1.29, 1.82) is 0 Å². The van der Waals surface area contributed by atoms with Gasteiger partial charge in [0.2, 0.25) is 0 Å². The molecule has 3 heteroatoms. The number of esters is 1. The molecule has 1 fully saturated rings. The monoisotopic (exact) mass is 227 g/mol. The second kappa shape index (κ2) is 5.67. The van der Waals surface area contributed by atoms with Gasteiger partial charge in [0.1, 0.15) is 0 Å². The van der Waals surface area contributed by atoms with Crippen LogP contribution >= 0.6 is 0 Å². The van der Waals surface area contributed by atoms with E-state index in [9.17, 15) is 4.79 Å². The maximum atomic E-state index is 11.5. The van der Waals surface area contributed by atoms with Crippen LogP contribution in [0.15, 0.2) is 0 Å². The van der Waals surface area contributed by atoms with Crippen LogP contribution in [-0.2, 0) is 9.53 Å². The van der Waals surface area contributed by atoms with Gasteiger partial charge in [-0.25, -0.2) is 0 Å². The zero-order chi connectivity index (χ0) is 12.2. The molecule has 0 spiro atoms. The van der Waals surface area contributed by atoms with Gasteiger partial charge < -0.3 is 4.74 Å². The van der Waals surface area contributed by atoms with Crippen molar-refractivity contribution >= 4 is 5.97 Å². The highest BCUT2D eigenvalue weighted by molar-refractivity contribution is 5.71. The van der Waals surface area contributed by atoms with Gasteiger partial charge in [-0.15, -0.1) is 0 Å². The van der Waals surface area contributed by atoms with Gasteiger partial charge in [0.05, 0.1) is 12.6 Å². The molecule has 0 amide bonds. The van der Waals surface area contributed by atoms with Gasteiger partial charge in [0.15, 0.2) is 0 Å². The van der Waals surface area contributed by atoms with Crippen molar-refractivity contribution < 1.29 is 9.53 Å². The summed E-state index contributed by atoms with van der Waals surface area (Å²) in [6, 6.07) is 0. The SMILES string of the molecule is CC(C)OC(=O)CN1CCCC(C)(C)CC1. The van der Waals surface area contributed by atoms with Crippen LogP contribution in [0.2, 0.25) is 0 Å². The lowest BCUT2D eigenvalue weighted by Gasteiger charge is -2.23. The third-order valence-corrected chi connectivity index (χ3v) is 3.15. The Morgan fingerprint density at radius 2 is 2.00 bits per heavy atom. The Hall–Kier alpha value is -0.570. The summed E-state index contributed by atoms with van der Waals surface area (Å²) in [4.78, 5) is 13.8. The maximum absolute atomic E-state index is 11.5. The zero-order valence-corrected chi connectivity index (χ0v) is 11.1. The van der Waals surface area contributed by atoms with Crippen LogP contribution < -0.4 is 0 Å². The van der Waals surface area contributed by atoms with Crippen molar-refractivity contribution in [2.75, 3.05) is 19.6 Å². The molecule has 16 heavy (non-hydrogen) atoms. The summed E-state index contributed by atoms with van der Waals surface area (Å²) in [6.45, 7) is 10.9. The van der Waals surface area contributed by atoms with Crippen molar-refractivity contribution in [3.05, 3.63) is 0 Å². The van der Waals surface area contributed by atoms with Crippen molar-refractivity contribution in [2.24, 2.45) is 5.41 Å². The standard InChI is InChI=1S/C13H25NO2/c1-11(2)16-12(15)10-14-8-5-6-13(3,4)7-9-14/h11H,5-10H2,1-4H3. The fraction of sp³-hybridized carbons (Fsp3) is 0.923. The topological polar surface area (TPSA) is 29.5 Å². The predicted octanol–water partition coefficient (Wildman–Crippen LogP) is 2.45. The largest absolute Gasteiger partial charge is 0.462 e. The molecule has 0 unspecified atom stereocenters. The Bertz CT molecular complexity index is 236. The lowest BCUT2D eigenvalue weighted by atomic mass is 9.85. The lowest BCUT2D eigenvalue weighted by molar-refractivity contribution is -0.148. The van der Waals surface area contributed by atoms with Crippen molar-refractivity contribution in [3.8, 4) is 0 Å². The molecule has 3 nitrogen and oxygen atoms in total. The van der Waals surface area contributed by atoms with E-state index in [0.717, 1.165) is 13.1 Å². The Morgan fingerprint density at radius 1 is 1.31 bits per heavy atom. The number of rotatable bonds is 3. The zero-order valence-electron chi connectivity index (χ0n) is 11.1. The highest BCUT2D eigenvalue weighted by atomic mass is 16.5. The number of hydrogen-bond donors (Lipinski definition) is 0. The fourth-order valence-corrected chi connectivity index (χ4v) is 2.12. The van der Waals surface area contributed by atoms with E-state index in [4.69, 9.17) is 4.74 Å². The minimum absolute atomic E-state index is 0.00378. The van der Waals surface area contributed by atoms with Gasteiger partial charge in [-0.3, -0.25) is 9.69 Å². The van der Waals surface area contributed by atoms with E-state index in [1.807, 2.05) is 13.8 Å². The first kappa shape index (κ1) is 13.5. The number of carbonyl (C=O) groups is 1. The Morgan fingerprint density at radius 3 is 2.62 bits per heavy atom. The summed E-state index contributed by atoms with van der Waals surface area (Å²) in [6.07, 6.45) is 3.60. The predicted molar refractivity (Wildman–Crippen MR) is 65.3 cm³/mol. The van der Waals surface area contributed by atoms with Crippen LogP contribution in [-0.4, -0.2) is 36.6 Å². The summed E-state index contributed by atoms with van der Waals surface area (Å²) in [5.41, 5.74) is 0.427. The van der Waals surface area contributed by atoms with Crippen molar-refractivity contribution in [2.45, 2.75) is 53.1 Å². The molecule has 0 saturated carbocycles. The first-order valence-electron chi connectivity index (χ1n) is 6.31. The summed E-state index contributed by atoms with van der Waals surface area (Å²) in [7, 11) is 0. The molecule has 1 aliphatic rings. The van der Waals surface area contributed by atoms with Crippen LogP contribution in [0.5, 0.6) is 0 Å². The molecule has 94 valence electrons. The summed E-state index contributed by atoms with van der Waals surface area (Å²) in [5.74, 6) is -0.0882. The Balaban J connectivity index is 2.35. The molecule has 0 radical (unpaired) electrons. The molecular formula is C13H25NO2. The molecule has 0 N–H and O–H groups in total. The molecule has 1 rings (SSSR count). The van der Waals surface area contributed by atoms with Gasteiger partial charge in [-0.05, 0) is 51.6 Å². The van der Waals surface area contributed by atoms with Gasteiger partial charge in [-0.2, -0.15) is 0 Å². The van der Waals surface area contributed by atoms with Crippen LogP contribution in [0.3, 0.4) is 0 Å². The summed E-state index contributed by atoms with van der Waals surface area (Å²) < 4.78 is 5.17. The van der Waals surface area contributed by atoms with E-state index in [-0.39, 0.29) is 12.1 Å². The molecule has 0 aliphatic carbocycles. The summed E-state index contributed by atoms with van der Waals surface area (Å²) >= 11 is 0. The molecule has 0 atom stereocenters. The summed E-state index contributed by atoms with van der Waals surface area (Å²) in [5, 5.41) is 0. The van der Waals surface area contributed by atoms with Gasteiger partial charge in [-0.1, -0.05) is 13.8 Å². The second-order valence-corrected chi connectivity index (χ2v) is 5.83. The van der Waals surface area contributed by atoms with E-state index >= 15 is 0 Å². The van der Waals surface area contributed by atoms with Gasteiger partial charge in [0.25, 0.3) is 0 Å². The van der Waals surface area contributed by atoms with Crippen LogP contribution in [0.25, 0.3) is 0 Å². The van der Waals surface area contributed by atoms with Crippen LogP contribution in [0.4, 0.5) is 0 Å². The van der Waals surface area contributed by atoms with Crippen LogP contribution in [0.1, 0.15) is 47.0 Å². The molecule has 0 bridgehead atoms. The number of ether oxygens (including phenoxy) is 1. The average molecular weight is 227 g/mol. The third kappa shape index (κ3) is 4.97. The fourth-order valence-electron chi connectivity index (χ4n) is 2.12. The van der Waals surface area contributed by atoms with Gasteiger partial charge >= 0.3 is 5.97 Å². The minimum Gasteiger partial charge on any atom is -0.462 e.